The Bertz CT molecular complexity index is 274. The van der Waals surface area contributed by atoms with Crippen LogP contribution in [0.3, 0.4) is 0 Å². The molecule has 0 saturated heterocycles. The number of allylic oxidation sites excluding steroid dienone is 4. The molecule has 3 aliphatic rings. The summed E-state index contributed by atoms with van der Waals surface area (Å²) < 4.78 is 0. The van der Waals surface area contributed by atoms with Crippen LogP contribution >= 0.6 is 0 Å². The van der Waals surface area contributed by atoms with Gasteiger partial charge < -0.3 is 0 Å². The van der Waals surface area contributed by atoms with Crippen molar-refractivity contribution >= 4 is 0 Å². The maximum absolute atomic E-state index is 2.55. The van der Waals surface area contributed by atoms with Crippen LogP contribution < -0.4 is 0 Å². The average Bonchev–Trinajstić information content (AvgIpc) is 2.77. The molecule has 0 aromatic heterocycles. The third-order valence-corrected chi connectivity index (χ3v) is 4.70. The molecule has 0 heteroatoms. The fourth-order valence-electron chi connectivity index (χ4n) is 4.05. The van der Waals surface area contributed by atoms with Crippen LogP contribution in [0.15, 0.2) is 24.3 Å². The summed E-state index contributed by atoms with van der Waals surface area (Å²) >= 11 is 0. The van der Waals surface area contributed by atoms with Crippen LogP contribution in [0.5, 0.6) is 0 Å². The molecule has 70 valence electrons. The smallest absolute Gasteiger partial charge is 0.00240 e. The highest BCUT2D eigenvalue weighted by Gasteiger charge is 2.53. The first-order chi connectivity index (χ1) is 6.37. The van der Waals surface area contributed by atoms with Gasteiger partial charge in [0.2, 0.25) is 0 Å². The Morgan fingerprint density at radius 3 is 3.08 bits per heavy atom. The molecule has 0 heterocycles. The quantitative estimate of drug-likeness (QED) is 0.533. The van der Waals surface area contributed by atoms with Crippen molar-refractivity contribution in [2.75, 3.05) is 0 Å². The van der Waals surface area contributed by atoms with E-state index in [1.54, 1.807) is 0 Å². The van der Waals surface area contributed by atoms with Crippen molar-refractivity contribution in [3.63, 3.8) is 0 Å². The third-order valence-electron chi connectivity index (χ3n) is 4.70. The lowest BCUT2D eigenvalue weighted by Crippen LogP contribution is -2.33. The number of fused-ring (bicyclic) bond motifs is 5. The van der Waals surface area contributed by atoms with Crippen LogP contribution in [0.2, 0.25) is 0 Å². The third kappa shape index (κ3) is 0.820. The van der Waals surface area contributed by atoms with Gasteiger partial charge in [-0.25, -0.2) is 0 Å². The summed E-state index contributed by atoms with van der Waals surface area (Å²) in [5.74, 6) is 2.79. The molecule has 0 N–H and O–H groups in total. The van der Waals surface area contributed by atoms with Crippen molar-refractivity contribution in [3.8, 4) is 0 Å². The van der Waals surface area contributed by atoms with Crippen molar-refractivity contribution in [2.45, 2.75) is 32.6 Å². The summed E-state index contributed by atoms with van der Waals surface area (Å²) in [4.78, 5) is 0. The first-order valence-corrected chi connectivity index (χ1v) is 5.73. The van der Waals surface area contributed by atoms with E-state index >= 15 is 0 Å². The van der Waals surface area contributed by atoms with Crippen LogP contribution in [0.4, 0.5) is 0 Å². The molecule has 0 spiro atoms. The van der Waals surface area contributed by atoms with E-state index in [9.17, 15) is 0 Å². The first-order valence-electron chi connectivity index (χ1n) is 5.73. The van der Waals surface area contributed by atoms with E-state index < -0.39 is 0 Å². The van der Waals surface area contributed by atoms with E-state index in [0.717, 1.165) is 17.8 Å². The average molecular weight is 174 g/mol. The Morgan fingerprint density at radius 1 is 1.38 bits per heavy atom. The van der Waals surface area contributed by atoms with E-state index in [4.69, 9.17) is 0 Å². The normalized spacial score (nSPS) is 51.3. The highest BCUT2D eigenvalue weighted by molar-refractivity contribution is 5.25. The van der Waals surface area contributed by atoms with E-state index in [0.29, 0.717) is 5.41 Å². The molecule has 0 aromatic carbocycles. The lowest BCUT2D eigenvalue weighted by atomic mass is 9.63. The summed E-state index contributed by atoms with van der Waals surface area (Å²) in [6.45, 7) is 2.37. The van der Waals surface area contributed by atoms with Gasteiger partial charge in [0.25, 0.3) is 0 Å². The van der Waals surface area contributed by atoms with Gasteiger partial charge in [0.15, 0.2) is 0 Å². The molecule has 4 atom stereocenters. The predicted octanol–water partition coefficient (Wildman–Crippen LogP) is 3.55. The minimum absolute atomic E-state index is 0.581. The first kappa shape index (κ1) is 7.84. The number of hydrogen-bond acceptors (Lipinski definition) is 0. The molecule has 0 radical (unpaired) electrons. The summed E-state index contributed by atoms with van der Waals surface area (Å²) in [5, 5.41) is 0. The van der Waals surface area contributed by atoms with Gasteiger partial charge in [0, 0.05) is 0 Å². The van der Waals surface area contributed by atoms with Gasteiger partial charge in [-0.15, -0.1) is 0 Å². The molecule has 0 amide bonds. The van der Waals surface area contributed by atoms with Crippen LogP contribution in [0.1, 0.15) is 32.6 Å². The van der Waals surface area contributed by atoms with Crippen LogP contribution in [0, 0.1) is 23.2 Å². The molecule has 2 bridgehead atoms. The zero-order valence-corrected chi connectivity index (χ0v) is 8.37. The van der Waals surface area contributed by atoms with Crippen molar-refractivity contribution in [2.24, 2.45) is 23.2 Å². The standard InChI is InChI=1S/C13H18/c1-2-13-8-4-3-5-12(13)10-6-7-11(13)9-10/h4,6-8,10-12H,2-3,5,9H2,1H3. The molecule has 13 heavy (non-hydrogen) atoms. The summed E-state index contributed by atoms with van der Waals surface area (Å²) in [6, 6.07) is 0. The predicted molar refractivity (Wildman–Crippen MR) is 55.3 cm³/mol. The highest BCUT2D eigenvalue weighted by atomic mass is 14.6. The molecule has 3 aliphatic carbocycles. The monoisotopic (exact) mass is 174 g/mol. The molecule has 1 saturated carbocycles. The second-order valence-corrected chi connectivity index (χ2v) is 4.94. The molecule has 3 rings (SSSR count). The van der Waals surface area contributed by atoms with Gasteiger partial charge in [-0.1, -0.05) is 31.2 Å². The van der Waals surface area contributed by atoms with Gasteiger partial charge in [0.1, 0.15) is 0 Å². The second-order valence-electron chi connectivity index (χ2n) is 4.94. The Kier molecular flexibility index (Phi) is 1.51. The van der Waals surface area contributed by atoms with Gasteiger partial charge in [-0.3, -0.25) is 0 Å². The SMILES string of the molecule is CCC12C=CCCC1C1C=CC2C1. The maximum Gasteiger partial charge on any atom is -0.00240 e. The molecule has 4 unspecified atom stereocenters. The van der Waals surface area contributed by atoms with Gasteiger partial charge in [0.05, 0.1) is 0 Å². The number of rotatable bonds is 1. The topological polar surface area (TPSA) is 0 Å². The van der Waals surface area contributed by atoms with Crippen LogP contribution in [-0.4, -0.2) is 0 Å². The van der Waals surface area contributed by atoms with Gasteiger partial charge >= 0.3 is 0 Å². The fourth-order valence-corrected chi connectivity index (χ4v) is 4.05. The highest BCUT2D eigenvalue weighted by Crippen LogP contribution is 2.61. The van der Waals surface area contributed by atoms with E-state index in [2.05, 4.69) is 31.2 Å². The minimum atomic E-state index is 0.581. The van der Waals surface area contributed by atoms with Crippen molar-refractivity contribution in [1.29, 1.82) is 0 Å². The Labute approximate surface area is 80.7 Å². The molecule has 0 aromatic rings. The Balaban J connectivity index is 2.07. The van der Waals surface area contributed by atoms with E-state index in [-0.39, 0.29) is 0 Å². The van der Waals surface area contributed by atoms with Crippen LogP contribution in [-0.2, 0) is 0 Å². The van der Waals surface area contributed by atoms with Gasteiger partial charge in [-0.05, 0) is 48.9 Å². The lowest BCUT2D eigenvalue weighted by molar-refractivity contribution is 0.176. The molecule has 1 fully saturated rings. The second kappa shape index (κ2) is 2.50. The summed E-state index contributed by atoms with van der Waals surface area (Å²) in [7, 11) is 0. The largest absolute Gasteiger partial charge is 0.0879 e. The zero-order chi connectivity index (χ0) is 8.89. The van der Waals surface area contributed by atoms with Crippen LogP contribution in [0.25, 0.3) is 0 Å². The van der Waals surface area contributed by atoms with Crippen molar-refractivity contribution in [1.82, 2.24) is 0 Å². The molecular weight excluding hydrogens is 156 g/mol. The van der Waals surface area contributed by atoms with E-state index in [1.807, 2.05) is 0 Å². The van der Waals surface area contributed by atoms with E-state index in [1.165, 1.54) is 25.7 Å². The Hall–Kier alpha value is -0.520. The lowest BCUT2D eigenvalue weighted by Gasteiger charge is -2.41. The maximum atomic E-state index is 2.55. The summed E-state index contributed by atoms with van der Waals surface area (Å²) in [6.07, 6.45) is 15.5. The Morgan fingerprint density at radius 2 is 2.31 bits per heavy atom. The molecule has 0 nitrogen and oxygen atoms in total. The van der Waals surface area contributed by atoms with Crippen molar-refractivity contribution in [3.05, 3.63) is 24.3 Å². The molecular formula is C13H18. The molecule has 0 aliphatic heterocycles. The van der Waals surface area contributed by atoms with Gasteiger partial charge in [-0.2, -0.15) is 0 Å². The fraction of sp³-hybridized carbons (Fsp3) is 0.692. The zero-order valence-electron chi connectivity index (χ0n) is 8.37. The van der Waals surface area contributed by atoms with Crippen molar-refractivity contribution < 1.29 is 0 Å². The minimum Gasteiger partial charge on any atom is -0.0879 e. The summed E-state index contributed by atoms with van der Waals surface area (Å²) in [5.41, 5.74) is 0.581. The number of hydrogen-bond donors (Lipinski definition) is 0.